The SMILES string of the molecule is CC(=O)c1ccc(/C(C)=C/[N+](=O)[O-])cc1. The number of hydrogen-bond donors (Lipinski definition) is 0. The first-order valence-electron chi connectivity index (χ1n) is 4.44. The summed E-state index contributed by atoms with van der Waals surface area (Å²) in [4.78, 5) is 20.7. The van der Waals surface area contributed by atoms with E-state index in [4.69, 9.17) is 0 Å². The fourth-order valence-corrected chi connectivity index (χ4v) is 1.20. The van der Waals surface area contributed by atoms with Gasteiger partial charge in [0, 0.05) is 11.1 Å². The number of carbonyl (C=O) groups is 1. The summed E-state index contributed by atoms with van der Waals surface area (Å²) in [6.07, 6.45) is 0.947. The minimum absolute atomic E-state index is 0.0162. The fourth-order valence-electron chi connectivity index (χ4n) is 1.20. The van der Waals surface area contributed by atoms with Gasteiger partial charge in [-0.1, -0.05) is 24.3 Å². The van der Waals surface area contributed by atoms with Crippen LogP contribution in [-0.2, 0) is 0 Å². The maximum Gasteiger partial charge on any atom is 0.237 e. The average Bonchev–Trinajstić information content (AvgIpc) is 2.17. The lowest BCUT2D eigenvalue weighted by molar-refractivity contribution is -0.401. The number of allylic oxidation sites excluding steroid dienone is 1. The van der Waals surface area contributed by atoms with Gasteiger partial charge in [0.1, 0.15) is 0 Å². The van der Waals surface area contributed by atoms with Crippen LogP contribution in [0.1, 0.15) is 29.8 Å². The molecule has 0 aliphatic heterocycles. The van der Waals surface area contributed by atoms with E-state index in [0.29, 0.717) is 11.1 Å². The van der Waals surface area contributed by atoms with E-state index in [1.807, 2.05) is 0 Å². The Morgan fingerprint density at radius 3 is 2.07 bits per heavy atom. The third-order valence-electron chi connectivity index (χ3n) is 2.05. The van der Waals surface area contributed by atoms with Gasteiger partial charge in [-0.3, -0.25) is 14.9 Å². The van der Waals surface area contributed by atoms with Crippen LogP contribution in [0.3, 0.4) is 0 Å². The summed E-state index contributed by atoms with van der Waals surface area (Å²) in [7, 11) is 0. The van der Waals surface area contributed by atoms with Gasteiger partial charge < -0.3 is 0 Å². The van der Waals surface area contributed by atoms with Crippen LogP contribution in [0.4, 0.5) is 0 Å². The number of nitrogens with zero attached hydrogens (tertiary/aromatic N) is 1. The second kappa shape index (κ2) is 4.50. The topological polar surface area (TPSA) is 60.2 Å². The molecule has 15 heavy (non-hydrogen) atoms. The van der Waals surface area contributed by atoms with Gasteiger partial charge in [-0.2, -0.15) is 0 Å². The highest BCUT2D eigenvalue weighted by Crippen LogP contribution is 2.14. The van der Waals surface area contributed by atoms with Crippen molar-refractivity contribution in [2.75, 3.05) is 0 Å². The zero-order valence-electron chi connectivity index (χ0n) is 8.56. The average molecular weight is 205 g/mol. The summed E-state index contributed by atoms with van der Waals surface area (Å²) >= 11 is 0. The smallest absolute Gasteiger partial charge is 0.237 e. The van der Waals surface area contributed by atoms with Crippen molar-refractivity contribution in [1.82, 2.24) is 0 Å². The van der Waals surface area contributed by atoms with E-state index < -0.39 is 4.92 Å². The summed E-state index contributed by atoms with van der Waals surface area (Å²) in [5.74, 6) is -0.0162. The van der Waals surface area contributed by atoms with Crippen LogP contribution in [0.5, 0.6) is 0 Å². The molecule has 0 fully saturated rings. The zero-order valence-corrected chi connectivity index (χ0v) is 8.56. The molecule has 0 saturated heterocycles. The van der Waals surface area contributed by atoms with Gasteiger partial charge in [-0.05, 0) is 19.4 Å². The minimum Gasteiger partial charge on any atom is -0.295 e. The van der Waals surface area contributed by atoms with Gasteiger partial charge in [0.15, 0.2) is 5.78 Å². The number of benzene rings is 1. The molecule has 1 rings (SSSR count). The lowest BCUT2D eigenvalue weighted by Crippen LogP contribution is -1.92. The molecule has 4 nitrogen and oxygen atoms in total. The third-order valence-corrected chi connectivity index (χ3v) is 2.05. The second-order valence-electron chi connectivity index (χ2n) is 3.23. The molecule has 78 valence electrons. The van der Waals surface area contributed by atoms with E-state index in [0.717, 1.165) is 11.8 Å². The first-order chi connectivity index (χ1) is 7.00. The number of ketones is 1. The molecule has 0 N–H and O–H groups in total. The summed E-state index contributed by atoms with van der Waals surface area (Å²) < 4.78 is 0. The van der Waals surface area contributed by atoms with Crippen LogP contribution in [0, 0.1) is 10.1 Å². The Balaban J connectivity index is 2.99. The summed E-state index contributed by atoms with van der Waals surface area (Å²) in [6, 6.07) is 6.72. The Bertz CT molecular complexity index is 418. The fraction of sp³-hybridized carbons (Fsp3) is 0.182. The molecule has 1 aromatic carbocycles. The Hall–Kier alpha value is -1.97. The van der Waals surface area contributed by atoms with E-state index in [1.165, 1.54) is 6.92 Å². The Labute approximate surface area is 87.4 Å². The molecule has 4 heteroatoms. The van der Waals surface area contributed by atoms with Crippen molar-refractivity contribution in [3.05, 3.63) is 51.7 Å². The van der Waals surface area contributed by atoms with Crippen LogP contribution < -0.4 is 0 Å². The van der Waals surface area contributed by atoms with Crippen LogP contribution in [-0.4, -0.2) is 10.7 Å². The lowest BCUT2D eigenvalue weighted by Gasteiger charge is -1.99. The maximum atomic E-state index is 11.0. The maximum absolute atomic E-state index is 11.0. The number of hydrogen-bond acceptors (Lipinski definition) is 3. The summed E-state index contributed by atoms with van der Waals surface area (Å²) in [5, 5.41) is 10.2. The first kappa shape index (κ1) is 11.1. The molecule has 0 spiro atoms. The molecule has 0 radical (unpaired) electrons. The van der Waals surface area contributed by atoms with Gasteiger partial charge in [0.2, 0.25) is 6.20 Å². The molecule has 1 aromatic rings. The number of nitro groups is 1. The van der Waals surface area contributed by atoms with Gasteiger partial charge in [0.25, 0.3) is 0 Å². The quantitative estimate of drug-likeness (QED) is 0.432. The molecule has 0 aliphatic carbocycles. The largest absolute Gasteiger partial charge is 0.295 e. The molecular formula is C11H11NO3. The highest BCUT2D eigenvalue weighted by Gasteiger charge is 2.02. The van der Waals surface area contributed by atoms with Crippen LogP contribution >= 0.6 is 0 Å². The normalized spacial score (nSPS) is 11.2. The first-order valence-corrected chi connectivity index (χ1v) is 4.44. The Morgan fingerprint density at radius 2 is 1.67 bits per heavy atom. The predicted molar refractivity (Wildman–Crippen MR) is 57.1 cm³/mol. The van der Waals surface area contributed by atoms with Crippen molar-refractivity contribution in [3.63, 3.8) is 0 Å². The van der Waals surface area contributed by atoms with Crippen LogP contribution in [0.15, 0.2) is 30.5 Å². The van der Waals surface area contributed by atoms with Crippen molar-refractivity contribution in [2.24, 2.45) is 0 Å². The van der Waals surface area contributed by atoms with Gasteiger partial charge in [-0.15, -0.1) is 0 Å². The molecule has 0 amide bonds. The van der Waals surface area contributed by atoms with Gasteiger partial charge in [-0.25, -0.2) is 0 Å². The molecule has 0 bridgehead atoms. The van der Waals surface area contributed by atoms with Crippen LogP contribution in [0.25, 0.3) is 5.57 Å². The van der Waals surface area contributed by atoms with Crippen molar-refractivity contribution < 1.29 is 9.72 Å². The molecular weight excluding hydrogens is 194 g/mol. The van der Waals surface area contributed by atoms with Crippen molar-refractivity contribution >= 4 is 11.4 Å². The standard InChI is InChI=1S/C11H11NO3/c1-8(7-12(14)15)10-3-5-11(6-4-10)9(2)13/h3-7H,1-2H3/b8-7+. The molecule has 0 unspecified atom stereocenters. The minimum atomic E-state index is -0.492. The van der Waals surface area contributed by atoms with E-state index >= 15 is 0 Å². The summed E-state index contributed by atoms with van der Waals surface area (Å²) in [6.45, 7) is 3.14. The second-order valence-corrected chi connectivity index (χ2v) is 3.23. The van der Waals surface area contributed by atoms with Crippen molar-refractivity contribution in [1.29, 1.82) is 0 Å². The predicted octanol–water partition coefficient (Wildman–Crippen LogP) is 2.53. The van der Waals surface area contributed by atoms with E-state index in [1.54, 1.807) is 31.2 Å². The Kier molecular flexibility index (Phi) is 3.33. The Morgan fingerprint density at radius 1 is 1.20 bits per heavy atom. The molecule has 0 saturated carbocycles. The monoisotopic (exact) mass is 205 g/mol. The number of rotatable bonds is 3. The molecule has 0 aromatic heterocycles. The highest BCUT2D eigenvalue weighted by atomic mass is 16.6. The zero-order chi connectivity index (χ0) is 11.4. The van der Waals surface area contributed by atoms with E-state index in [2.05, 4.69) is 0 Å². The lowest BCUT2D eigenvalue weighted by atomic mass is 10.0. The molecule has 0 atom stereocenters. The van der Waals surface area contributed by atoms with Gasteiger partial charge in [0.05, 0.1) is 4.92 Å². The van der Waals surface area contributed by atoms with Crippen molar-refractivity contribution in [2.45, 2.75) is 13.8 Å². The highest BCUT2D eigenvalue weighted by molar-refractivity contribution is 5.94. The number of carbonyl (C=O) groups excluding carboxylic acids is 1. The molecule has 0 aliphatic rings. The van der Waals surface area contributed by atoms with E-state index in [-0.39, 0.29) is 5.78 Å². The van der Waals surface area contributed by atoms with Crippen LogP contribution in [0.2, 0.25) is 0 Å². The van der Waals surface area contributed by atoms with Gasteiger partial charge >= 0.3 is 0 Å². The summed E-state index contributed by atoms with van der Waals surface area (Å²) in [5.41, 5.74) is 1.92. The molecule has 0 heterocycles. The number of Topliss-reactive ketones (excluding diaryl/α,β-unsaturated/α-hetero) is 1. The van der Waals surface area contributed by atoms with E-state index in [9.17, 15) is 14.9 Å². The third kappa shape index (κ3) is 3.02. The van der Waals surface area contributed by atoms with Crippen molar-refractivity contribution in [3.8, 4) is 0 Å².